The van der Waals surface area contributed by atoms with Gasteiger partial charge in [-0.05, 0) is 45.3 Å². The van der Waals surface area contributed by atoms with Gasteiger partial charge < -0.3 is 29.1 Å². The number of nitrogen functional groups attached to an aromatic ring is 1. The zero-order chi connectivity index (χ0) is 37.1. The van der Waals surface area contributed by atoms with E-state index in [0.717, 1.165) is 6.21 Å². The summed E-state index contributed by atoms with van der Waals surface area (Å²) in [6, 6.07) is -0.789. The summed E-state index contributed by atoms with van der Waals surface area (Å²) in [5, 5.41) is 26.2. The number of nitrogens with two attached hydrogens (primary N) is 5. The Morgan fingerprint density at radius 1 is 0.800 bits per heavy atom. The molecule has 4 rings (SSSR count). The van der Waals surface area contributed by atoms with Crippen LogP contribution in [0, 0.1) is 0 Å². The summed E-state index contributed by atoms with van der Waals surface area (Å²) < 4.78 is 9.51. The molecule has 266 valence electrons. The molecule has 0 aromatic carbocycles. The topological polar surface area (TPSA) is 434 Å². The van der Waals surface area contributed by atoms with Crippen LogP contribution in [-0.4, -0.2) is 97.8 Å². The van der Waals surface area contributed by atoms with Crippen molar-refractivity contribution < 1.29 is 75.1 Å². The Balaban J connectivity index is -0.000000159. The first-order valence-corrected chi connectivity index (χ1v) is 15.8. The first-order valence-electron chi connectivity index (χ1n) is 11.0. The van der Waals surface area contributed by atoms with Crippen molar-refractivity contribution in [3.05, 3.63) is 71.5 Å². The first-order chi connectivity index (χ1) is 22.7. The van der Waals surface area contributed by atoms with Crippen LogP contribution in [0.15, 0.2) is 64.5 Å². The van der Waals surface area contributed by atoms with Crippen LogP contribution >= 0.6 is 50.5 Å². The van der Waals surface area contributed by atoms with E-state index in [2.05, 4.69) is 110 Å². The minimum atomic E-state index is -3.22. The predicted octanol–water partition coefficient (Wildman–Crippen LogP) is -3.32. The number of urea groups is 1. The second-order valence-electron chi connectivity index (χ2n) is 5.93. The molecule has 0 bridgehead atoms. The van der Waals surface area contributed by atoms with E-state index in [0.29, 0.717) is 6.29 Å². The number of guanidine groups is 1. The Bertz CT molecular complexity index is 1510. The molecule has 0 saturated heterocycles. The predicted molar refractivity (Wildman–Crippen MR) is 177 cm³/mol. The molecule has 0 atom stereocenters. The summed E-state index contributed by atoms with van der Waals surface area (Å²) in [5.41, 5.74) is 21.1. The maximum absolute atomic E-state index is 10.0. The molecule has 32 heteroatoms. The molecule has 0 spiro atoms. The fourth-order valence-electron chi connectivity index (χ4n) is 1.28. The average Bonchev–Trinajstić information content (AvgIpc) is 3.03. The summed E-state index contributed by atoms with van der Waals surface area (Å²) in [6.45, 7) is 0. The fourth-order valence-corrected chi connectivity index (χ4v) is 1.38. The normalized spacial score (nSPS) is 8.40. The molecule has 0 aliphatic carbocycles. The van der Waals surface area contributed by atoms with Crippen molar-refractivity contribution in [3.63, 3.8) is 0 Å². The van der Waals surface area contributed by atoms with Crippen molar-refractivity contribution in [1.29, 1.82) is 0 Å². The van der Waals surface area contributed by atoms with E-state index in [9.17, 15) is 18.9 Å². The monoisotopic (exact) mass is 826 g/mol. The largest absolute Gasteiger partial charge is 1.00 e. The number of anilines is 1. The Morgan fingerprint density at radius 2 is 1.30 bits per heavy atom. The molecule has 0 fully saturated rings. The minimum Gasteiger partial charge on any atom is -0.693 e. The van der Waals surface area contributed by atoms with E-state index in [-0.39, 0.29) is 93.2 Å². The number of hydrogen-bond acceptors (Lipinski definition) is 20. The number of carbonyl (C=O) groups excluding carboxylic acids is 4. The molecule has 12 N–H and O–H groups in total. The van der Waals surface area contributed by atoms with Gasteiger partial charge in [0.25, 0.3) is 5.95 Å². The smallest absolute Gasteiger partial charge is 0.693 e. The number of carbonyl (C=O) groups is 4. The van der Waals surface area contributed by atoms with Crippen molar-refractivity contribution in [2.24, 2.45) is 27.3 Å². The molecule has 0 saturated carbocycles. The van der Waals surface area contributed by atoms with E-state index in [4.69, 9.17) is 38.4 Å². The number of aromatic nitrogens is 12. The van der Waals surface area contributed by atoms with Gasteiger partial charge in [-0.25, -0.2) is 35.1 Å². The SMILES string of the molecule is Clc1nccnn1.NC(=O)N/N=C\C=O.NC(N)=Nc1nccnn1.Nc1nccnn1.O=CC=O.O=P(Cl)(Cl)Cl.O=c1nccn[nH]1.[K+].[NH2-]. The van der Waals surface area contributed by atoms with Crippen LogP contribution in [0.2, 0.25) is 5.28 Å². The molecule has 0 aliphatic heterocycles. The van der Waals surface area contributed by atoms with E-state index < -0.39 is 16.9 Å². The van der Waals surface area contributed by atoms with Gasteiger partial charge in [0, 0.05) is 0 Å². The Hall–Kier alpha value is -4.15. The van der Waals surface area contributed by atoms with Crippen molar-refractivity contribution in [1.82, 2.24) is 66.2 Å². The molecular formula is C18H24Cl4KN20O6P. The van der Waals surface area contributed by atoms with Gasteiger partial charge in [0.15, 0.2) is 24.8 Å². The molecule has 0 unspecified atom stereocenters. The van der Waals surface area contributed by atoms with Crippen LogP contribution < -0.4 is 85.4 Å². The van der Waals surface area contributed by atoms with Gasteiger partial charge in [0.2, 0.25) is 11.2 Å². The van der Waals surface area contributed by atoms with Gasteiger partial charge in [-0.1, -0.05) is 0 Å². The number of halogens is 4. The third kappa shape index (κ3) is 56.2. The van der Waals surface area contributed by atoms with Crippen molar-refractivity contribution in [2.45, 2.75) is 0 Å². The second kappa shape index (κ2) is 39.3. The third-order valence-corrected chi connectivity index (χ3v) is 2.69. The third-order valence-electron chi connectivity index (χ3n) is 2.51. The quantitative estimate of drug-likeness (QED) is 0.0223. The van der Waals surface area contributed by atoms with Crippen molar-refractivity contribution in [2.75, 3.05) is 5.73 Å². The molecule has 2 amide bonds. The number of nitrogens with zero attached hydrogens (tertiary/aromatic N) is 13. The van der Waals surface area contributed by atoms with Crippen LogP contribution in [0.25, 0.3) is 6.15 Å². The van der Waals surface area contributed by atoms with Gasteiger partial charge in [-0.2, -0.15) is 35.5 Å². The van der Waals surface area contributed by atoms with Crippen LogP contribution in [0.1, 0.15) is 0 Å². The number of rotatable bonds is 4. The molecule has 0 aliphatic rings. The van der Waals surface area contributed by atoms with Gasteiger partial charge >= 0.3 is 68.3 Å². The molecular weight excluding hydrogens is 804 g/mol. The Kier molecular flexibility index (Phi) is 43.4. The number of H-pyrrole nitrogens is 1. The number of aldehydes is 3. The van der Waals surface area contributed by atoms with E-state index in [1.165, 1.54) is 49.6 Å². The summed E-state index contributed by atoms with van der Waals surface area (Å²) in [6.07, 6.45) is 13.2. The molecule has 26 nitrogen and oxygen atoms in total. The maximum Gasteiger partial charge on any atom is 1.00 e. The van der Waals surface area contributed by atoms with Crippen LogP contribution in [0.3, 0.4) is 0 Å². The zero-order valence-electron chi connectivity index (χ0n) is 25.0. The number of hydrogen-bond donors (Lipinski definition) is 6. The molecule has 4 aromatic rings. The zero-order valence-corrected chi connectivity index (χ0v) is 32.1. The average molecular weight is 828 g/mol. The number of amides is 2. The number of primary amides is 1. The van der Waals surface area contributed by atoms with E-state index in [1.807, 2.05) is 5.43 Å². The molecule has 50 heavy (non-hydrogen) atoms. The van der Waals surface area contributed by atoms with Crippen LogP contribution in [0.4, 0.5) is 16.7 Å². The van der Waals surface area contributed by atoms with Crippen LogP contribution in [-0.2, 0) is 18.9 Å². The van der Waals surface area contributed by atoms with Crippen molar-refractivity contribution >= 4 is 99.5 Å². The minimum absolute atomic E-state index is 0. The van der Waals surface area contributed by atoms with Gasteiger partial charge in [0.05, 0.1) is 55.8 Å². The Morgan fingerprint density at radius 3 is 1.54 bits per heavy atom. The number of hydrazone groups is 1. The second-order valence-corrected chi connectivity index (χ2v) is 12.9. The van der Waals surface area contributed by atoms with Gasteiger partial charge in [-0.3, -0.25) is 18.9 Å². The summed E-state index contributed by atoms with van der Waals surface area (Å²) in [5.74, 6) is 0.304. The van der Waals surface area contributed by atoms with E-state index in [1.54, 1.807) is 0 Å². The number of aromatic amines is 1. The molecule has 4 aromatic heterocycles. The first kappa shape index (κ1) is 55.3. The van der Waals surface area contributed by atoms with Gasteiger partial charge in [0.1, 0.15) is 0 Å². The standard InChI is InChI=1S/C4H6N6.C3H2ClN3.C3H4N4.C3H5N3O2.C3H3N3O.C2H2O2.Cl3OP.K.H2N/c5-3(6)9-4-7-1-2-8-10-4;2*4-3-5-1-2-6-7-3;4-3(8)6-5-1-2-7;7-3-4-1-2-5-6-3;3-1-2-4;1-5(2,3)4;;/h1-2H,(H4,5,6,7,9,10);1-2H;1-2H,(H2,4,5,7);1-2H,(H3,4,6,8);1-2H,(H,4,6,7);1-2H;;;1H2/q;;;;;;;+1;-1/b;;;5-1-;;;;;. The summed E-state index contributed by atoms with van der Waals surface area (Å²) in [7, 11) is 0. The summed E-state index contributed by atoms with van der Waals surface area (Å²) >= 11 is 19.1. The van der Waals surface area contributed by atoms with Crippen LogP contribution in [0.5, 0.6) is 0 Å². The van der Waals surface area contributed by atoms with Crippen molar-refractivity contribution in [3.8, 4) is 0 Å². The fraction of sp³-hybridized carbons (Fsp3) is 0. The Labute approximate surface area is 342 Å². The summed E-state index contributed by atoms with van der Waals surface area (Å²) in [4.78, 5) is 64.6. The molecule has 0 radical (unpaired) electrons. The maximum atomic E-state index is 10.0. The number of nitrogens with one attached hydrogen (secondary N) is 2. The van der Waals surface area contributed by atoms with E-state index >= 15 is 0 Å². The number of aliphatic imine (C=N–C) groups is 1. The molecule has 4 heterocycles. The van der Waals surface area contributed by atoms with Gasteiger partial charge in [-0.15, -0.1) is 15.3 Å².